The lowest BCUT2D eigenvalue weighted by atomic mass is 9.82. The molecular weight excluding hydrogens is 322 g/mol. The van der Waals surface area contributed by atoms with Crippen LogP contribution in [0.15, 0.2) is 24.0 Å². The summed E-state index contributed by atoms with van der Waals surface area (Å²) in [4.78, 5) is 2.58. The largest absolute Gasteiger partial charge is 0.501 e. The van der Waals surface area contributed by atoms with Gasteiger partial charge in [-0.2, -0.15) is 0 Å². The van der Waals surface area contributed by atoms with Crippen molar-refractivity contribution in [2.75, 3.05) is 27.3 Å². The molecule has 3 nitrogen and oxygen atoms in total. The second-order valence-corrected chi connectivity index (χ2v) is 7.40. The van der Waals surface area contributed by atoms with E-state index in [1.807, 2.05) is 7.11 Å². The summed E-state index contributed by atoms with van der Waals surface area (Å²) in [5, 5.41) is 0. The average Bonchev–Trinajstić information content (AvgIpc) is 2.66. The number of unbranched alkanes of at least 4 members (excludes halogenated alkanes) is 1. The Hall–Kier alpha value is -1.32. The molecule has 0 N–H and O–H groups in total. The van der Waals surface area contributed by atoms with E-state index >= 15 is 0 Å². The summed E-state index contributed by atoms with van der Waals surface area (Å²) < 4.78 is 11.6. The van der Waals surface area contributed by atoms with Gasteiger partial charge in [-0.1, -0.05) is 51.8 Å². The molecule has 2 rings (SSSR count). The van der Waals surface area contributed by atoms with Crippen molar-refractivity contribution in [1.82, 2.24) is 4.90 Å². The number of fused-ring (bicyclic) bond motifs is 1. The summed E-state index contributed by atoms with van der Waals surface area (Å²) in [6.45, 7) is 10.1. The van der Waals surface area contributed by atoms with Crippen LogP contribution in [0.25, 0.3) is 6.08 Å². The van der Waals surface area contributed by atoms with Crippen molar-refractivity contribution < 1.29 is 9.47 Å². The fourth-order valence-electron chi connectivity index (χ4n) is 4.06. The third kappa shape index (κ3) is 5.11. The maximum absolute atomic E-state index is 5.95. The first-order chi connectivity index (χ1) is 12.7. The van der Waals surface area contributed by atoms with E-state index in [0.717, 1.165) is 31.7 Å². The number of hydrogen-bond acceptors (Lipinski definition) is 3. The van der Waals surface area contributed by atoms with Crippen molar-refractivity contribution in [1.29, 1.82) is 0 Å². The molecule has 0 bridgehead atoms. The van der Waals surface area contributed by atoms with Gasteiger partial charge in [0.15, 0.2) is 0 Å². The third-order valence-electron chi connectivity index (χ3n) is 5.35. The van der Waals surface area contributed by atoms with Gasteiger partial charge in [0, 0.05) is 19.6 Å². The summed E-state index contributed by atoms with van der Waals surface area (Å²) in [7, 11) is 3.60. The number of hydrogen-bond donors (Lipinski definition) is 0. The molecular formula is C23H37NO2. The molecule has 0 fully saturated rings. The monoisotopic (exact) mass is 359 g/mol. The molecule has 1 aliphatic carbocycles. The Morgan fingerprint density at radius 3 is 2.42 bits per heavy atom. The zero-order valence-electron chi connectivity index (χ0n) is 17.4. The zero-order chi connectivity index (χ0) is 18.9. The van der Waals surface area contributed by atoms with Crippen LogP contribution in [0, 0.1) is 5.92 Å². The van der Waals surface area contributed by atoms with Gasteiger partial charge >= 0.3 is 0 Å². The highest BCUT2D eigenvalue weighted by Crippen LogP contribution is 2.42. The van der Waals surface area contributed by atoms with Gasteiger partial charge in [-0.05, 0) is 55.1 Å². The Bertz CT molecular complexity index is 582. The van der Waals surface area contributed by atoms with Crippen LogP contribution in [0.2, 0.25) is 0 Å². The fraction of sp³-hybridized carbons (Fsp3) is 0.652. The molecule has 0 aromatic heterocycles. The van der Waals surface area contributed by atoms with Gasteiger partial charge in [0.05, 0.1) is 13.2 Å². The number of methoxy groups -OCH3 is 2. The lowest BCUT2D eigenvalue weighted by Crippen LogP contribution is -2.26. The van der Waals surface area contributed by atoms with E-state index in [1.54, 1.807) is 7.11 Å². The van der Waals surface area contributed by atoms with Crippen LogP contribution >= 0.6 is 0 Å². The second-order valence-electron chi connectivity index (χ2n) is 7.40. The summed E-state index contributed by atoms with van der Waals surface area (Å²) in [5.41, 5.74) is 3.94. The number of nitrogens with zero attached hydrogens (tertiary/aromatic N) is 1. The fourth-order valence-corrected chi connectivity index (χ4v) is 4.06. The highest BCUT2D eigenvalue weighted by atomic mass is 16.5. The van der Waals surface area contributed by atoms with Crippen LogP contribution in [0.4, 0.5) is 0 Å². The Balaban J connectivity index is 2.27. The molecule has 146 valence electrons. The first-order valence-electron chi connectivity index (χ1n) is 10.3. The summed E-state index contributed by atoms with van der Waals surface area (Å²) in [6, 6.07) is 6.87. The van der Waals surface area contributed by atoms with Crippen molar-refractivity contribution in [3.8, 4) is 0 Å². The van der Waals surface area contributed by atoms with E-state index in [-0.39, 0.29) is 6.10 Å². The van der Waals surface area contributed by atoms with Crippen LogP contribution in [-0.2, 0) is 16.0 Å². The first-order valence-corrected chi connectivity index (χ1v) is 10.3. The predicted molar refractivity (Wildman–Crippen MR) is 110 cm³/mol. The highest BCUT2D eigenvalue weighted by Gasteiger charge is 2.32. The molecule has 0 aliphatic heterocycles. The normalized spacial score (nSPS) is 19.4. The molecule has 26 heavy (non-hydrogen) atoms. The standard InChI is InChI=1S/C23H37NO2/c1-6-9-14-24(13-8-3)17-18-11-12-19-16-22(25-4)20(10-7-2)23(26-5)21(19)15-18/h11-12,15-16,20,23H,6-10,13-14,17H2,1-5H3. The number of ether oxygens (including phenoxy) is 2. The van der Waals surface area contributed by atoms with Crippen LogP contribution < -0.4 is 0 Å². The van der Waals surface area contributed by atoms with E-state index in [2.05, 4.69) is 49.9 Å². The number of benzene rings is 1. The molecule has 1 aromatic rings. The molecule has 3 heteroatoms. The second kappa shape index (κ2) is 10.7. The minimum Gasteiger partial charge on any atom is -0.501 e. The van der Waals surface area contributed by atoms with Crippen molar-refractivity contribution in [2.24, 2.45) is 5.92 Å². The molecule has 0 radical (unpaired) electrons. The zero-order valence-corrected chi connectivity index (χ0v) is 17.4. The number of rotatable bonds is 11. The van der Waals surface area contributed by atoms with E-state index in [0.29, 0.717) is 5.92 Å². The van der Waals surface area contributed by atoms with Gasteiger partial charge in [-0.3, -0.25) is 4.90 Å². The van der Waals surface area contributed by atoms with E-state index in [4.69, 9.17) is 9.47 Å². The van der Waals surface area contributed by atoms with Gasteiger partial charge in [0.1, 0.15) is 5.76 Å². The van der Waals surface area contributed by atoms with Crippen molar-refractivity contribution in [3.63, 3.8) is 0 Å². The van der Waals surface area contributed by atoms with Gasteiger partial charge < -0.3 is 9.47 Å². The Morgan fingerprint density at radius 2 is 1.81 bits per heavy atom. The topological polar surface area (TPSA) is 21.7 Å². The lowest BCUT2D eigenvalue weighted by Gasteiger charge is -2.33. The molecule has 2 atom stereocenters. The highest BCUT2D eigenvalue weighted by molar-refractivity contribution is 5.60. The van der Waals surface area contributed by atoms with E-state index in [9.17, 15) is 0 Å². The minimum atomic E-state index is 0.0834. The minimum absolute atomic E-state index is 0.0834. The van der Waals surface area contributed by atoms with Gasteiger partial charge in [0.25, 0.3) is 0 Å². The Kier molecular flexibility index (Phi) is 8.67. The molecule has 0 spiro atoms. The summed E-state index contributed by atoms with van der Waals surface area (Å²) in [5.74, 6) is 1.36. The quantitative estimate of drug-likeness (QED) is 0.498. The van der Waals surface area contributed by atoms with Gasteiger partial charge in [-0.25, -0.2) is 0 Å². The summed E-state index contributed by atoms with van der Waals surface area (Å²) in [6.07, 6.45) is 8.22. The van der Waals surface area contributed by atoms with Crippen LogP contribution in [0.1, 0.15) is 75.7 Å². The average molecular weight is 360 g/mol. The Morgan fingerprint density at radius 1 is 1.00 bits per heavy atom. The lowest BCUT2D eigenvalue weighted by molar-refractivity contribution is 0.0371. The van der Waals surface area contributed by atoms with Crippen molar-refractivity contribution in [2.45, 2.75) is 65.5 Å². The van der Waals surface area contributed by atoms with Crippen LogP contribution in [0.3, 0.4) is 0 Å². The molecule has 0 amide bonds. The molecule has 1 aliphatic rings. The molecule has 0 saturated heterocycles. The third-order valence-corrected chi connectivity index (χ3v) is 5.35. The van der Waals surface area contributed by atoms with E-state index < -0.39 is 0 Å². The van der Waals surface area contributed by atoms with Crippen LogP contribution in [0.5, 0.6) is 0 Å². The molecule has 0 saturated carbocycles. The summed E-state index contributed by atoms with van der Waals surface area (Å²) >= 11 is 0. The first kappa shape index (κ1) is 21.0. The SMILES string of the molecule is CCCCN(CCC)Cc1ccc2c(c1)C(OC)C(CCC)C(OC)=C2. The predicted octanol–water partition coefficient (Wildman–Crippen LogP) is 5.80. The van der Waals surface area contributed by atoms with E-state index in [1.165, 1.54) is 42.5 Å². The van der Waals surface area contributed by atoms with Crippen molar-refractivity contribution >= 4 is 6.08 Å². The smallest absolute Gasteiger partial charge is 0.102 e. The maximum atomic E-state index is 5.95. The molecule has 1 aromatic carbocycles. The van der Waals surface area contributed by atoms with Crippen molar-refractivity contribution in [3.05, 3.63) is 40.6 Å². The van der Waals surface area contributed by atoms with Gasteiger partial charge in [-0.15, -0.1) is 0 Å². The molecule has 0 heterocycles. The Labute approximate surface area is 160 Å². The molecule has 2 unspecified atom stereocenters. The van der Waals surface area contributed by atoms with Crippen LogP contribution in [-0.4, -0.2) is 32.2 Å². The maximum Gasteiger partial charge on any atom is 0.102 e. The van der Waals surface area contributed by atoms with Gasteiger partial charge in [0.2, 0.25) is 0 Å².